The van der Waals surface area contributed by atoms with E-state index in [2.05, 4.69) is 20.3 Å². The van der Waals surface area contributed by atoms with Crippen LogP contribution in [-0.4, -0.2) is 26.1 Å². The molecule has 0 bridgehead atoms. The van der Waals surface area contributed by atoms with Crippen molar-refractivity contribution in [3.8, 4) is 10.4 Å². The Labute approximate surface area is 181 Å². The van der Waals surface area contributed by atoms with Crippen molar-refractivity contribution in [2.75, 3.05) is 5.32 Å². The number of rotatable bonds is 4. The third-order valence-electron chi connectivity index (χ3n) is 5.33. The molecule has 1 aliphatic carbocycles. The van der Waals surface area contributed by atoms with E-state index in [1.165, 1.54) is 11.3 Å². The number of hydrogen-bond acceptors (Lipinski definition) is 7. The molecule has 1 saturated carbocycles. The van der Waals surface area contributed by atoms with E-state index in [0.717, 1.165) is 41.1 Å². The number of alkyl halides is 3. The van der Waals surface area contributed by atoms with Gasteiger partial charge in [0.1, 0.15) is 16.3 Å². The summed E-state index contributed by atoms with van der Waals surface area (Å²) in [6.07, 6.45) is 0.900. The number of aliphatic hydroxyl groups is 1. The van der Waals surface area contributed by atoms with Crippen molar-refractivity contribution in [1.82, 2.24) is 15.0 Å². The van der Waals surface area contributed by atoms with Crippen molar-refractivity contribution in [1.29, 1.82) is 0 Å². The number of thiazole rings is 1. The monoisotopic (exact) mass is 449 g/mol. The smallest absolute Gasteiger partial charge is 0.383 e. The Morgan fingerprint density at radius 1 is 1.19 bits per heavy atom. The van der Waals surface area contributed by atoms with E-state index < -0.39 is 17.5 Å². The maximum atomic E-state index is 12.9. The summed E-state index contributed by atoms with van der Waals surface area (Å²) >= 11 is 1.41. The lowest BCUT2D eigenvalue weighted by molar-refractivity contribution is -0.141. The van der Waals surface area contributed by atoms with Crippen LogP contribution in [0.15, 0.2) is 36.7 Å². The van der Waals surface area contributed by atoms with E-state index in [9.17, 15) is 18.3 Å². The molecule has 0 saturated heterocycles. The van der Waals surface area contributed by atoms with E-state index in [4.69, 9.17) is 5.73 Å². The van der Waals surface area contributed by atoms with Crippen LogP contribution in [-0.2, 0) is 11.8 Å². The molecule has 0 radical (unpaired) electrons. The average Bonchev–Trinajstić information content (AvgIpc) is 3.21. The number of nitrogens with two attached hydrogens (primary N) is 1. The van der Waals surface area contributed by atoms with Crippen LogP contribution in [0.2, 0.25) is 0 Å². The molecule has 4 rings (SSSR count). The SMILES string of the molecule is Cc1cc(Nc2nccc(C(F)(F)F)n2)cc(-c2cnc([C@]3(O)CC[C@@H](N)CC3)s2)c1. The average molecular weight is 450 g/mol. The molecule has 1 aromatic carbocycles. The number of halogens is 3. The summed E-state index contributed by atoms with van der Waals surface area (Å²) in [6.45, 7) is 1.89. The summed E-state index contributed by atoms with van der Waals surface area (Å²) in [5.74, 6) is -0.135. The first-order valence-electron chi connectivity index (χ1n) is 9.86. The van der Waals surface area contributed by atoms with Crippen LogP contribution in [0.1, 0.15) is 41.9 Å². The number of benzene rings is 1. The molecule has 1 fully saturated rings. The van der Waals surface area contributed by atoms with E-state index in [-0.39, 0.29) is 12.0 Å². The highest BCUT2D eigenvalue weighted by molar-refractivity contribution is 7.15. The zero-order valence-electron chi connectivity index (χ0n) is 16.8. The predicted molar refractivity (Wildman–Crippen MR) is 113 cm³/mol. The van der Waals surface area contributed by atoms with Gasteiger partial charge in [-0.15, -0.1) is 11.3 Å². The Kier molecular flexibility index (Phi) is 5.71. The molecule has 10 heteroatoms. The maximum absolute atomic E-state index is 12.9. The van der Waals surface area contributed by atoms with Crippen molar-refractivity contribution in [3.05, 3.63) is 52.9 Å². The summed E-state index contributed by atoms with van der Waals surface area (Å²) in [5.41, 5.74) is 6.29. The standard InChI is InChI=1S/C21H22F3N5OS/c1-12-8-13(16-11-27-18(31-16)20(30)5-2-14(25)3-6-20)10-15(9-12)28-19-26-7-4-17(29-19)21(22,23)24/h4,7-11,14,30H,2-3,5-6,25H2,1H3,(H,26,28,29)/t14-,20+. The fraction of sp³-hybridized carbons (Fsp3) is 0.381. The normalized spacial score (nSPS) is 21.8. The number of nitrogens with zero attached hydrogens (tertiary/aromatic N) is 3. The van der Waals surface area contributed by atoms with Crippen molar-refractivity contribution >= 4 is 23.0 Å². The van der Waals surface area contributed by atoms with E-state index in [1.807, 2.05) is 13.0 Å². The molecule has 164 valence electrons. The van der Waals surface area contributed by atoms with Crippen molar-refractivity contribution in [3.63, 3.8) is 0 Å². The number of hydrogen-bond donors (Lipinski definition) is 3. The van der Waals surface area contributed by atoms with E-state index in [1.54, 1.807) is 18.3 Å². The number of aryl methyl sites for hydroxylation is 1. The van der Waals surface area contributed by atoms with Crippen molar-refractivity contribution in [2.24, 2.45) is 5.73 Å². The molecule has 0 amide bonds. The molecule has 0 spiro atoms. The minimum atomic E-state index is -4.54. The molecule has 31 heavy (non-hydrogen) atoms. The lowest BCUT2D eigenvalue weighted by atomic mass is 9.83. The highest BCUT2D eigenvalue weighted by atomic mass is 32.1. The van der Waals surface area contributed by atoms with Crippen LogP contribution in [0.25, 0.3) is 10.4 Å². The summed E-state index contributed by atoms with van der Waals surface area (Å²) in [5, 5.41) is 14.5. The molecule has 0 atom stereocenters. The van der Waals surface area contributed by atoms with Crippen LogP contribution in [0.3, 0.4) is 0 Å². The van der Waals surface area contributed by atoms with Crippen LogP contribution in [0.5, 0.6) is 0 Å². The van der Waals surface area contributed by atoms with Gasteiger partial charge in [0, 0.05) is 24.1 Å². The third kappa shape index (κ3) is 4.86. The first-order chi connectivity index (χ1) is 14.6. The Bertz CT molecular complexity index is 1080. The van der Waals surface area contributed by atoms with Gasteiger partial charge in [0.25, 0.3) is 0 Å². The zero-order valence-corrected chi connectivity index (χ0v) is 17.6. The summed E-state index contributed by atoms with van der Waals surface area (Å²) in [4.78, 5) is 12.7. The molecule has 4 N–H and O–H groups in total. The molecule has 2 aromatic heterocycles. The molecule has 2 heterocycles. The summed E-state index contributed by atoms with van der Waals surface area (Å²) < 4.78 is 38.7. The second-order valence-electron chi connectivity index (χ2n) is 7.87. The van der Waals surface area contributed by atoms with Gasteiger partial charge in [0.05, 0.1) is 4.88 Å². The fourth-order valence-corrected chi connectivity index (χ4v) is 4.71. The van der Waals surface area contributed by atoms with Gasteiger partial charge in [-0.1, -0.05) is 6.07 Å². The quantitative estimate of drug-likeness (QED) is 0.531. The Morgan fingerprint density at radius 3 is 2.65 bits per heavy atom. The number of anilines is 2. The molecule has 1 aliphatic rings. The van der Waals surface area contributed by atoms with Gasteiger partial charge in [-0.25, -0.2) is 15.0 Å². The summed E-state index contributed by atoms with van der Waals surface area (Å²) in [6, 6.07) is 6.49. The van der Waals surface area contributed by atoms with Gasteiger partial charge < -0.3 is 16.2 Å². The van der Waals surface area contributed by atoms with E-state index in [0.29, 0.717) is 23.5 Å². The number of aromatic nitrogens is 3. The topological polar surface area (TPSA) is 97.0 Å². The molecule has 6 nitrogen and oxygen atoms in total. The van der Waals surface area contributed by atoms with Gasteiger partial charge in [0.2, 0.25) is 5.95 Å². The first-order valence-corrected chi connectivity index (χ1v) is 10.7. The minimum absolute atomic E-state index is 0.114. The Hall–Kier alpha value is -2.56. The minimum Gasteiger partial charge on any atom is -0.383 e. The molecule has 0 unspecified atom stereocenters. The van der Waals surface area contributed by atoms with Gasteiger partial charge in [0.15, 0.2) is 0 Å². The van der Waals surface area contributed by atoms with Crippen LogP contribution in [0, 0.1) is 6.92 Å². The largest absolute Gasteiger partial charge is 0.433 e. The molecule has 0 aliphatic heterocycles. The van der Waals surface area contributed by atoms with Gasteiger partial charge in [-0.2, -0.15) is 13.2 Å². The van der Waals surface area contributed by atoms with E-state index >= 15 is 0 Å². The highest BCUT2D eigenvalue weighted by Gasteiger charge is 2.36. The second-order valence-corrected chi connectivity index (χ2v) is 8.91. The lowest BCUT2D eigenvalue weighted by Gasteiger charge is -2.32. The Balaban J connectivity index is 1.59. The maximum Gasteiger partial charge on any atom is 0.433 e. The summed E-state index contributed by atoms with van der Waals surface area (Å²) in [7, 11) is 0. The lowest BCUT2D eigenvalue weighted by Crippen LogP contribution is -2.36. The predicted octanol–water partition coefficient (Wildman–Crippen LogP) is 4.76. The fourth-order valence-electron chi connectivity index (χ4n) is 3.66. The van der Waals surface area contributed by atoms with Crippen LogP contribution < -0.4 is 11.1 Å². The third-order valence-corrected chi connectivity index (χ3v) is 6.56. The van der Waals surface area contributed by atoms with Crippen molar-refractivity contribution in [2.45, 2.75) is 50.4 Å². The molecule has 3 aromatic rings. The second kappa shape index (κ2) is 8.18. The highest BCUT2D eigenvalue weighted by Crippen LogP contribution is 2.41. The van der Waals surface area contributed by atoms with Gasteiger partial charge in [-0.3, -0.25) is 0 Å². The van der Waals surface area contributed by atoms with Crippen LogP contribution >= 0.6 is 11.3 Å². The zero-order chi connectivity index (χ0) is 22.2. The van der Waals surface area contributed by atoms with Gasteiger partial charge >= 0.3 is 6.18 Å². The molecular weight excluding hydrogens is 427 g/mol. The number of nitrogens with one attached hydrogen (secondary N) is 1. The molecular formula is C21H22F3N5OS. The first kappa shape index (κ1) is 21.7. The van der Waals surface area contributed by atoms with Crippen molar-refractivity contribution < 1.29 is 18.3 Å². The van der Waals surface area contributed by atoms with Gasteiger partial charge in [-0.05, 0) is 61.9 Å². The Morgan fingerprint density at radius 2 is 1.94 bits per heavy atom. The van der Waals surface area contributed by atoms with Crippen LogP contribution in [0.4, 0.5) is 24.8 Å².